The van der Waals surface area contributed by atoms with Crippen LogP contribution in [0.2, 0.25) is 0 Å². The number of benzene rings is 2. The number of non-ortho nitro benzene ring substituents is 1. The van der Waals surface area contributed by atoms with Crippen molar-refractivity contribution < 1.29 is 19.2 Å². The van der Waals surface area contributed by atoms with Crippen molar-refractivity contribution in [2.45, 2.75) is 6.61 Å². The topological polar surface area (TPSA) is 102 Å². The smallest absolute Gasteiger partial charge is 0.269 e. The number of nitrogens with one attached hydrogen (secondary N) is 1. The number of carbonyl (C=O) groups excluding carboxylic acids is 2. The largest absolute Gasteiger partial charge is 0.488 e. The SMILES string of the molecule is C=CCN1C(=O)/C(=C/c2cc(Br)ccc2OCc2cccc([N+](=O)[O-])c2)C(=O)NC1=S. The molecule has 0 aromatic heterocycles. The van der Waals surface area contributed by atoms with E-state index < -0.39 is 16.7 Å². The lowest BCUT2D eigenvalue weighted by atomic mass is 10.1. The summed E-state index contributed by atoms with van der Waals surface area (Å²) < 4.78 is 6.55. The molecule has 1 aliphatic heterocycles. The van der Waals surface area contributed by atoms with E-state index in [9.17, 15) is 19.7 Å². The Morgan fingerprint density at radius 3 is 2.74 bits per heavy atom. The van der Waals surface area contributed by atoms with E-state index in [-0.39, 0.29) is 29.5 Å². The highest BCUT2D eigenvalue weighted by atomic mass is 79.9. The van der Waals surface area contributed by atoms with Gasteiger partial charge in [-0.1, -0.05) is 34.1 Å². The first-order chi connectivity index (χ1) is 14.8. The Balaban J connectivity index is 1.91. The van der Waals surface area contributed by atoms with Crippen LogP contribution < -0.4 is 10.1 Å². The van der Waals surface area contributed by atoms with E-state index in [1.165, 1.54) is 29.2 Å². The summed E-state index contributed by atoms with van der Waals surface area (Å²) in [5.74, 6) is -0.760. The number of nitrogens with zero attached hydrogens (tertiary/aromatic N) is 2. The van der Waals surface area contributed by atoms with Gasteiger partial charge in [-0.2, -0.15) is 0 Å². The minimum absolute atomic E-state index is 0.0171. The van der Waals surface area contributed by atoms with E-state index in [1.54, 1.807) is 30.3 Å². The van der Waals surface area contributed by atoms with Gasteiger partial charge in [0.15, 0.2) is 5.11 Å². The number of amides is 2. The molecular formula is C21H16BrN3O5S. The number of rotatable bonds is 7. The molecule has 1 fully saturated rings. The zero-order valence-electron chi connectivity index (χ0n) is 16.0. The van der Waals surface area contributed by atoms with Crippen molar-refractivity contribution in [2.75, 3.05) is 6.54 Å². The summed E-state index contributed by atoms with van der Waals surface area (Å²) in [5, 5.41) is 13.5. The number of hydrogen-bond donors (Lipinski definition) is 1. The molecule has 0 bridgehead atoms. The van der Waals surface area contributed by atoms with Gasteiger partial charge in [0.2, 0.25) is 0 Å². The summed E-state index contributed by atoms with van der Waals surface area (Å²) >= 11 is 8.42. The minimum Gasteiger partial charge on any atom is -0.488 e. The number of nitro groups is 1. The second-order valence-electron chi connectivity index (χ2n) is 6.42. The zero-order valence-corrected chi connectivity index (χ0v) is 18.4. The van der Waals surface area contributed by atoms with Crippen LogP contribution in [0.5, 0.6) is 5.75 Å². The maximum atomic E-state index is 12.8. The number of ether oxygens (including phenoxy) is 1. The van der Waals surface area contributed by atoms with Gasteiger partial charge in [-0.05, 0) is 42.1 Å². The highest BCUT2D eigenvalue weighted by Gasteiger charge is 2.32. The predicted molar refractivity (Wildman–Crippen MR) is 122 cm³/mol. The van der Waals surface area contributed by atoms with Gasteiger partial charge in [-0.25, -0.2) is 0 Å². The maximum Gasteiger partial charge on any atom is 0.269 e. The van der Waals surface area contributed by atoms with Crippen molar-refractivity contribution in [1.29, 1.82) is 0 Å². The molecule has 0 aliphatic carbocycles. The molecule has 1 aliphatic rings. The number of nitro benzene ring substituents is 1. The molecule has 158 valence electrons. The van der Waals surface area contributed by atoms with E-state index in [0.717, 1.165) is 0 Å². The quantitative estimate of drug-likeness (QED) is 0.155. The first-order valence-corrected chi connectivity index (χ1v) is 10.2. The molecule has 1 heterocycles. The first-order valence-electron chi connectivity index (χ1n) is 8.95. The van der Waals surface area contributed by atoms with Crippen molar-refractivity contribution in [3.8, 4) is 5.75 Å². The predicted octanol–water partition coefficient (Wildman–Crippen LogP) is 3.75. The second kappa shape index (κ2) is 9.63. The molecule has 0 saturated carbocycles. The molecule has 0 unspecified atom stereocenters. The molecule has 1 N–H and O–H groups in total. The average Bonchev–Trinajstić information content (AvgIpc) is 2.73. The number of thiocarbonyl (C=S) groups is 1. The molecule has 2 aromatic rings. The van der Waals surface area contributed by atoms with E-state index in [0.29, 0.717) is 21.3 Å². The van der Waals surface area contributed by atoms with Crippen molar-refractivity contribution in [2.24, 2.45) is 0 Å². The summed E-state index contributed by atoms with van der Waals surface area (Å²) in [5.41, 5.74) is 0.935. The molecule has 1 saturated heterocycles. The fraction of sp³-hybridized carbons (Fsp3) is 0.0952. The molecule has 8 nitrogen and oxygen atoms in total. The van der Waals surface area contributed by atoms with Crippen LogP contribution in [0.25, 0.3) is 6.08 Å². The maximum absolute atomic E-state index is 12.8. The molecule has 0 radical (unpaired) electrons. The normalized spacial score (nSPS) is 15.1. The lowest BCUT2D eigenvalue weighted by Gasteiger charge is -2.27. The van der Waals surface area contributed by atoms with Gasteiger partial charge < -0.3 is 4.74 Å². The lowest BCUT2D eigenvalue weighted by Crippen LogP contribution is -2.53. The van der Waals surface area contributed by atoms with E-state index in [4.69, 9.17) is 17.0 Å². The highest BCUT2D eigenvalue weighted by Crippen LogP contribution is 2.28. The standard InChI is InChI=1S/C21H16BrN3O5S/c1-2-8-24-20(27)17(19(26)23-21(24)31)11-14-10-15(22)6-7-18(14)30-12-13-4-3-5-16(9-13)25(28)29/h2-7,9-11H,1,8,12H2,(H,23,26,31)/b17-11+. The molecule has 2 aromatic carbocycles. The zero-order chi connectivity index (χ0) is 22.5. The fourth-order valence-electron chi connectivity index (χ4n) is 2.83. The van der Waals surface area contributed by atoms with Crippen LogP contribution >= 0.6 is 28.1 Å². The monoisotopic (exact) mass is 501 g/mol. The molecule has 3 rings (SSSR count). The van der Waals surface area contributed by atoms with Crippen molar-refractivity contribution in [3.63, 3.8) is 0 Å². The Labute approximate surface area is 191 Å². The van der Waals surface area contributed by atoms with Crippen molar-refractivity contribution >= 4 is 56.8 Å². The third-order valence-electron chi connectivity index (χ3n) is 4.28. The van der Waals surface area contributed by atoms with Gasteiger partial charge >= 0.3 is 0 Å². The third kappa shape index (κ3) is 5.22. The van der Waals surface area contributed by atoms with Crippen LogP contribution in [0.3, 0.4) is 0 Å². The van der Waals surface area contributed by atoms with E-state index in [2.05, 4.69) is 27.8 Å². The second-order valence-corrected chi connectivity index (χ2v) is 7.72. The van der Waals surface area contributed by atoms with Gasteiger partial charge in [0.05, 0.1) is 4.92 Å². The summed E-state index contributed by atoms with van der Waals surface area (Å²) in [7, 11) is 0. The Bertz CT molecular complexity index is 1130. The summed E-state index contributed by atoms with van der Waals surface area (Å²) in [6, 6.07) is 11.2. The molecular weight excluding hydrogens is 486 g/mol. The van der Waals surface area contributed by atoms with Gasteiger partial charge in [0, 0.05) is 28.7 Å². The molecule has 10 heteroatoms. The van der Waals surface area contributed by atoms with Gasteiger partial charge in [0.1, 0.15) is 17.9 Å². The molecule has 31 heavy (non-hydrogen) atoms. The van der Waals surface area contributed by atoms with Crippen LogP contribution in [0.4, 0.5) is 5.69 Å². The van der Waals surface area contributed by atoms with Crippen molar-refractivity contribution in [3.05, 3.63) is 86.4 Å². The van der Waals surface area contributed by atoms with Crippen LogP contribution in [0, 0.1) is 10.1 Å². The van der Waals surface area contributed by atoms with Crippen LogP contribution in [-0.2, 0) is 16.2 Å². The van der Waals surface area contributed by atoms with Crippen LogP contribution in [0.15, 0.2) is 65.2 Å². The molecule has 0 spiro atoms. The van der Waals surface area contributed by atoms with Gasteiger partial charge in [0.25, 0.3) is 17.5 Å². The van der Waals surface area contributed by atoms with E-state index in [1.807, 2.05) is 0 Å². The number of carbonyl (C=O) groups is 2. The van der Waals surface area contributed by atoms with Gasteiger partial charge in [-0.3, -0.25) is 29.9 Å². The van der Waals surface area contributed by atoms with Crippen LogP contribution in [-0.4, -0.2) is 33.3 Å². The first kappa shape index (κ1) is 22.3. The fourth-order valence-corrected chi connectivity index (χ4v) is 3.46. The Morgan fingerprint density at radius 1 is 1.26 bits per heavy atom. The van der Waals surface area contributed by atoms with Gasteiger partial charge in [-0.15, -0.1) is 6.58 Å². The lowest BCUT2D eigenvalue weighted by molar-refractivity contribution is -0.384. The Hall–Kier alpha value is -3.37. The summed E-state index contributed by atoms with van der Waals surface area (Å²) in [6.45, 7) is 3.81. The molecule has 0 atom stereocenters. The number of halogens is 1. The third-order valence-corrected chi connectivity index (χ3v) is 5.10. The summed E-state index contributed by atoms with van der Waals surface area (Å²) in [4.78, 5) is 36.9. The Kier molecular flexibility index (Phi) is 6.93. The Morgan fingerprint density at radius 2 is 2.03 bits per heavy atom. The number of hydrogen-bond acceptors (Lipinski definition) is 6. The van der Waals surface area contributed by atoms with Crippen molar-refractivity contribution in [1.82, 2.24) is 10.2 Å². The molecule has 2 amide bonds. The summed E-state index contributed by atoms with van der Waals surface area (Å²) in [6.07, 6.45) is 2.93. The highest BCUT2D eigenvalue weighted by molar-refractivity contribution is 9.10. The van der Waals surface area contributed by atoms with E-state index >= 15 is 0 Å². The average molecular weight is 502 g/mol. The minimum atomic E-state index is -0.611. The van der Waals surface area contributed by atoms with Crippen LogP contribution in [0.1, 0.15) is 11.1 Å².